The van der Waals surface area contributed by atoms with Gasteiger partial charge in [-0.1, -0.05) is 39.0 Å². The molecule has 0 amide bonds. The molecule has 18 nitrogen and oxygen atoms in total. The van der Waals surface area contributed by atoms with E-state index < -0.39 is 51.3 Å². The highest BCUT2D eigenvalue weighted by Gasteiger charge is 2.73. The number of hydrogen-bond acceptors (Lipinski definition) is 17. The van der Waals surface area contributed by atoms with Crippen LogP contribution in [0.15, 0.2) is 0 Å². The second kappa shape index (κ2) is 9.71. The molecule has 0 unspecified atom stereocenters. The number of nitrogens with two attached hydrogens (primary N) is 16. The quantitative estimate of drug-likeness (QED) is 0.0782. The summed E-state index contributed by atoms with van der Waals surface area (Å²) < 4.78 is 0. The second-order valence-electron chi connectivity index (χ2n) is 9.59. The highest BCUT2D eigenvalue weighted by atomic mass is 16.4. The van der Waals surface area contributed by atoms with Crippen molar-refractivity contribution in [2.75, 3.05) is 0 Å². The van der Waals surface area contributed by atoms with Gasteiger partial charge >= 0.3 is 5.97 Å². The fourth-order valence-corrected chi connectivity index (χ4v) is 3.50. The molecule has 0 bridgehead atoms. The molecule has 0 atom stereocenters. The maximum atomic E-state index is 11.6. The number of carboxylic acids is 1. The molecule has 0 saturated carbocycles. The molecule has 0 aliphatic carbocycles. The van der Waals surface area contributed by atoms with Crippen molar-refractivity contribution in [3.63, 3.8) is 0 Å². The molecule has 0 aromatic heterocycles. The van der Waals surface area contributed by atoms with E-state index in [9.17, 15) is 9.90 Å². The van der Waals surface area contributed by atoms with E-state index in [1.165, 1.54) is 0 Å². The first-order chi connectivity index (χ1) is 14.8. The molecular weight excluding hydrogens is 448 g/mol. The molecular formula is C16H48N16O2. The molecule has 0 radical (unpaired) electrons. The number of rotatable bonds is 14. The highest BCUT2D eigenvalue weighted by molar-refractivity contribution is 5.80. The molecule has 18 heteroatoms. The van der Waals surface area contributed by atoms with Gasteiger partial charge in [-0.15, -0.1) is 0 Å². The first kappa shape index (κ1) is 32.8. The van der Waals surface area contributed by atoms with Crippen LogP contribution in [0.25, 0.3) is 0 Å². The van der Waals surface area contributed by atoms with Crippen molar-refractivity contribution >= 4 is 5.97 Å². The zero-order valence-corrected chi connectivity index (χ0v) is 19.8. The van der Waals surface area contributed by atoms with Crippen molar-refractivity contribution in [1.29, 1.82) is 0 Å². The Morgan fingerprint density at radius 3 is 1.21 bits per heavy atom. The van der Waals surface area contributed by atoms with E-state index in [0.29, 0.717) is 6.42 Å². The van der Waals surface area contributed by atoms with Gasteiger partial charge in [0.15, 0.2) is 5.66 Å². The Morgan fingerprint density at radius 1 is 0.529 bits per heavy atom. The zero-order valence-electron chi connectivity index (χ0n) is 19.8. The molecule has 0 saturated heterocycles. The van der Waals surface area contributed by atoms with Crippen molar-refractivity contribution in [3.8, 4) is 0 Å². The molecule has 34 heavy (non-hydrogen) atoms. The molecule has 0 rings (SSSR count). The predicted octanol–water partition coefficient (Wildman–Crippen LogP) is -8.66. The molecule has 0 aromatic carbocycles. The summed E-state index contributed by atoms with van der Waals surface area (Å²) in [6.45, 7) is 2.05. The number of carbonyl (C=O) groups is 1. The SMILES string of the molecule is CCCCCCCC(N)(N)C(N)(N)C(N)(N)C(N)(N)C(N)(N)C(N)(N)C(N)(N)C(N)(N)C(=O)O. The molecule has 0 aromatic rings. The lowest BCUT2D eigenvalue weighted by atomic mass is 9.64. The monoisotopic (exact) mass is 496 g/mol. The fourth-order valence-electron chi connectivity index (χ4n) is 3.50. The Kier molecular flexibility index (Phi) is 9.37. The van der Waals surface area contributed by atoms with Crippen LogP contribution >= 0.6 is 0 Å². The van der Waals surface area contributed by atoms with Gasteiger partial charge in [0.1, 0.15) is 34.0 Å². The van der Waals surface area contributed by atoms with Crippen LogP contribution in [0.2, 0.25) is 0 Å². The minimum Gasteiger partial charge on any atom is -0.479 e. The molecule has 0 spiro atoms. The Bertz CT molecular complexity index is 716. The fraction of sp³-hybridized carbons (Fsp3) is 0.938. The zero-order chi connectivity index (χ0) is 27.8. The smallest absolute Gasteiger partial charge is 0.342 e. The first-order valence-corrected chi connectivity index (χ1v) is 10.6. The third-order valence-electron chi connectivity index (χ3n) is 6.93. The molecule has 0 heterocycles. The van der Waals surface area contributed by atoms with Gasteiger partial charge in [-0.25, -0.2) is 4.79 Å². The van der Waals surface area contributed by atoms with Gasteiger partial charge < -0.3 is 96.8 Å². The normalized spacial score (nSPS) is 15.6. The van der Waals surface area contributed by atoms with Gasteiger partial charge in [0.05, 0.1) is 5.66 Å². The summed E-state index contributed by atoms with van der Waals surface area (Å²) in [5.74, 6) is -1.92. The lowest BCUT2D eigenvalue weighted by Crippen LogP contribution is -3.08. The van der Waals surface area contributed by atoms with Crippen LogP contribution in [0.3, 0.4) is 0 Å². The predicted molar refractivity (Wildman–Crippen MR) is 130 cm³/mol. The van der Waals surface area contributed by atoms with E-state index in [4.69, 9.17) is 91.7 Å². The standard InChI is InChI=1S/C16H48N16O2/c1-2-3-4-5-6-7-9(17,18)11(21,22)13(25,26)15(29,30)16(31,32)14(27,28)12(23,24)10(19,20)8(33)34/h2-7,17-32H2,1H3,(H,33,34). The van der Waals surface area contributed by atoms with E-state index in [-0.39, 0.29) is 6.42 Å². The van der Waals surface area contributed by atoms with Crippen molar-refractivity contribution in [1.82, 2.24) is 0 Å². The van der Waals surface area contributed by atoms with Crippen molar-refractivity contribution < 1.29 is 9.90 Å². The van der Waals surface area contributed by atoms with Crippen molar-refractivity contribution in [2.45, 2.75) is 90.8 Å². The van der Waals surface area contributed by atoms with Crippen LogP contribution in [-0.2, 0) is 4.79 Å². The van der Waals surface area contributed by atoms with Gasteiger partial charge in [-0.05, 0) is 6.42 Å². The van der Waals surface area contributed by atoms with E-state index in [1.807, 2.05) is 6.92 Å². The van der Waals surface area contributed by atoms with Gasteiger partial charge in [-0.2, -0.15) is 0 Å². The highest BCUT2D eigenvalue weighted by Crippen LogP contribution is 2.34. The molecule has 0 aliphatic rings. The summed E-state index contributed by atoms with van der Waals surface area (Å²) in [7, 11) is 0. The summed E-state index contributed by atoms with van der Waals surface area (Å²) in [6.07, 6.45) is 4.24. The Hall–Kier alpha value is -1.17. The van der Waals surface area contributed by atoms with Gasteiger partial charge in [0, 0.05) is 0 Å². The molecule has 33 N–H and O–H groups in total. The van der Waals surface area contributed by atoms with Gasteiger partial charge in [0.2, 0.25) is 0 Å². The van der Waals surface area contributed by atoms with Crippen LogP contribution in [-0.4, -0.2) is 56.4 Å². The Balaban J connectivity index is 6.42. The third kappa shape index (κ3) is 4.77. The minimum atomic E-state index is -3.01. The van der Waals surface area contributed by atoms with E-state index in [2.05, 4.69) is 0 Å². The summed E-state index contributed by atoms with van der Waals surface area (Å²) in [4.78, 5) is 11.6. The Morgan fingerprint density at radius 2 is 0.853 bits per heavy atom. The van der Waals surface area contributed by atoms with E-state index in [0.717, 1.165) is 25.7 Å². The van der Waals surface area contributed by atoms with Crippen molar-refractivity contribution in [2.24, 2.45) is 91.7 Å². The number of aliphatic carboxylic acids is 1. The maximum Gasteiger partial charge on any atom is 0.342 e. The molecule has 204 valence electrons. The maximum absolute atomic E-state index is 11.6. The topological polar surface area (TPSA) is 454 Å². The number of carboxylic acid groups (broad SMARTS) is 1. The first-order valence-electron chi connectivity index (χ1n) is 10.6. The molecule has 0 fully saturated rings. The van der Waals surface area contributed by atoms with Crippen LogP contribution in [0.4, 0.5) is 0 Å². The molecule has 0 aliphatic heterocycles. The van der Waals surface area contributed by atoms with E-state index >= 15 is 0 Å². The minimum absolute atomic E-state index is 0.0416. The number of hydrogen-bond donors (Lipinski definition) is 17. The van der Waals surface area contributed by atoms with Crippen LogP contribution in [0.5, 0.6) is 0 Å². The number of unbranched alkanes of at least 4 members (excludes halogenated alkanes) is 4. The van der Waals surface area contributed by atoms with Crippen LogP contribution < -0.4 is 91.7 Å². The second-order valence-corrected chi connectivity index (χ2v) is 9.59. The lowest BCUT2D eigenvalue weighted by molar-refractivity contribution is -0.149. The van der Waals surface area contributed by atoms with Crippen LogP contribution in [0, 0.1) is 0 Å². The lowest BCUT2D eigenvalue weighted by Gasteiger charge is -2.63. The average molecular weight is 497 g/mol. The summed E-state index contributed by atoms with van der Waals surface area (Å²) >= 11 is 0. The van der Waals surface area contributed by atoms with E-state index in [1.54, 1.807) is 0 Å². The van der Waals surface area contributed by atoms with Crippen LogP contribution in [0.1, 0.15) is 45.4 Å². The summed E-state index contributed by atoms with van der Waals surface area (Å²) in [5.41, 5.74) is 74.4. The summed E-state index contributed by atoms with van der Waals surface area (Å²) in [6, 6.07) is 0. The van der Waals surface area contributed by atoms with Gasteiger partial charge in [-0.3, -0.25) is 0 Å². The summed E-state index contributed by atoms with van der Waals surface area (Å²) in [5, 5.41) is 9.35. The average Bonchev–Trinajstić information content (AvgIpc) is 2.66. The van der Waals surface area contributed by atoms with Gasteiger partial charge in [0.25, 0.3) is 0 Å². The third-order valence-corrected chi connectivity index (χ3v) is 6.93. The van der Waals surface area contributed by atoms with Crippen molar-refractivity contribution in [3.05, 3.63) is 0 Å². The largest absolute Gasteiger partial charge is 0.479 e. The Labute approximate surface area is 199 Å².